The first kappa shape index (κ1) is 17.5. The molecule has 0 atom stereocenters. The number of nitrogens with two attached hydrogens (primary N) is 1. The fourth-order valence-corrected chi connectivity index (χ4v) is 4.32. The zero-order chi connectivity index (χ0) is 20.8. The van der Waals surface area contributed by atoms with E-state index in [1.165, 1.54) is 0 Å². The standard InChI is InChI=1S/C26H19N5/c27-26(29-24-12-6-7-16-28-24)31-23-11-5-4-10-19(23)20-13-14-22-21(25(20)31)15-17-30(22)18-8-2-1-3-9-18/h1-17H,(H2,27,28,29). The van der Waals surface area contributed by atoms with Gasteiger partial charge in [-0.25, -0.2) is 4.98 Å². The van der Waals surface area contributed by atoms with Crippen LogP contribution in [0.4, 0.5) is 5.82 Å². The van der Waals surface area contributed by atoms with Crippen LogP contribution in [0.25, 0.3) is 38.4 Å². The fourth-order valence-electron chi connectivity index (χ4n) is 4.32. The molecule has 6 aromatic rings. The van der Waals surface area contributed by atoms with Gasteiger partial charge >= 0.3 is 0 Å². The van der Waals surface area contributed by atoms with Crippen molar-refractivity contribution >= 4 is 44.5 Å². The molecule has 6 rings (SSSR count). The maximum atomic E-state index is 6.58. The van der Waals surface area contributed by atoms with Crippen molar-refractivity contribution in [3.63, 3.8) is 0 Å². The minimum absolute atomic E-state index is 0.393. The van der Waals surface area contributed by atoms with Crippen molar-refractivity contribution in [3.8, 4) is 5.69 Å². The molecule has 5 heteroatoms. The highest BCUT2D eigenvalue weighted by Gasteiger charge is 2.17. The van der Waals surface area contributed by atoms with E-state index in [4.69, 9.17) is 5.73 Å². The van der Waals surface area contributed by atoms with Gasteiger partial charge in [0, 0.05) is 34.2 Å². The average Bonchev–Trinajstić information content (AvgIpc) is 3.39. The molecule has 0 amide bonds. The lowest BCUT2D eigenvalue weighted by Crippen LogP contribution is -2.21. The molecule has 148 valence electrons. The Morgan fingerprint density at radius 2 is 1.52 bits per heavy atom. The highest BCUT2D eigenvalue weighted by atomic mass is 15.2. The third kappa shape index (κ3) is 2.71. The average molecular weight is 401 g/mol. The molecular weight excluding hydrogens is 382 g/mol. The number of fused-ring (bicyclic) bond motifs is 5. The van der Waals surface area contributed by atoms with Crippen molar-refractivity contribution in [1.29, 1.82) is 0 Å². The number of para-hydroxylation sites is 2. The molecule has 3 aromatic heterocycles. The lowest BCUT2D eigenvalue weighted by molar-refractivity contribution is 1.13. The Hall–Kier alpha value is -4.38. The number of benzene rings is 3. The number of hydrogen-bond acceptors (Lipinski definition) is 2. The fraction of sp³-hybridized carbons (Fsp3) is 0. The molecule has 0 radical (unpaired) electrons. The van der Waals surface area contributed by atoms with Crippen molar-refractivity contribution in [2.75, 3.05) is 0 Å². The van der Waals surface area contributed by atoms with E-state index in [1.54, 1.807) is 6.20 Å². The van der Waals surface area contributed by atoms with Gasteiger partial charge in [-0.2, -0.15) is 4.99 Å². The Morgan fingerprint density at radius 3 is 2.35 bits per heavy atom. The van der Waals surface area contributed by atoms with Crippen LogP contribution in [0.2, 0.25) is 0 Å². The molecule has 0 aliphatic rings. The molecule has 0 saturated heterocycles. The van der Waals surface area contributed by atoms with E-state index in [0.29, 0.717) is 11.8 Å². The Bertz CT molecular complexity index is 1570. The molecule has 0 aliphatic carbocycles. The number of pyridine rings is 1. The molecule has 31 heavy (non-hydrogen) atoms. The second-order valence-corrected chi connectivity index (χ2v) is 7.43. The van der Waals surface area contributed by atoms with E-state index >= 15 is 0 Å². The molecule has 5 nitrogen and oxygen atoms in total. The summed E-state index contributed by atoms with van der Waals surface area (Å²) in [5, 5.41) is 3.41. The zero-order valence-electron chi connectivity index (χ0n) is 16.7. The minimum atomic E-state index is 0.393. The number of aliphatic imine (C=N–C) groups is 1. The third-order valence-electron chi connectivity index (χ3n) is 5.64. The predicted octanol–water partition coefficient (Wildman–Crippen LogP) is 5.63. The van der Waals surface area contributed by atoms with Crippen LogP contribution in [0.3, 0.4) is 0 Å². The van der Waals surface area contributed by atoms with Crippen molar-refractivity contribution in [2.45, 2.75) is 0 Å². The molecule has 0 fully saturated rings. The van der Waals surface area contributed by atoms with Gasteiger partial charge in [-0.15, -0.1) is 0 Å². The van der Waals surface area contributed by atoms with Crippen molar-refractivity contribution in [2.24, 2.45) is 10.7 Å². The van der Waals surface area contributed by atoms with E-state index in [2.05, 4.69) is 69.3 Å². The van der Waals surface area contributed by atoms with Gasteiger partial charge in [0.05, 0.1) is 16.6 Å². The molecule has 2 N–H and O–H groups in total. The Labute approximate surface area is 178 Å². The highest BCUT2D eigenvalue weighted by molar-refractivity contribution is 6.21. The van der Waals surface area contributed by atoms with Crippen LogP contribution < -0.4 is 5.73 Å². The number of rotatable bonds is 2. The topological polar surface area (TPSA) is 61.1 Å². The zero-order valence-corrected chi connectivity index (χ0v) is 16.7. The van der Waals surface area contributed by atoms with E-state index in [1.807, 2.05) is 47.0 Å². The summed E-state index contributed by atoms with van der Waals surface area (Å²) in [6.07, 6.45) is 3.82. The number of hydrogen-bond donors (Lipinski definition) is 1. The van der Waals surface area contributed by atoms with Crippen molar-refractivity contribution in [1.82, 2.24) is 14.1 Å². The largest absolute Gasteiger partial charge is 0.369 e. The van der Waals surface area contributed by atoms with Crippen molar-refractivity contribution < 1.29 is 0 Å². The molecule has 0 aliphatic heterocycles. The van der Waals surface area contributed by atoms with Gasteiger partial charge in [0.25, 0.3) is 0 Å². The lowest BCUT2D eigenvalue weighted by Gasteiger charge is -2.09. The summed E-state index contributed by atoms with van der Waals surface area (Å²) >= 11 is 0. The summed E-state index contributed by atoms with van der Waals surface area (Å²) in [4.78, 5) is 8.92. The number of aromatic nitrogens is 3. The maximum Gasteiger partial charge on any atom is 0.207 e. The first-order chi connectivity index (χ1) is 15.3. The van der Waals surface area contributed by atoms with Gasteiger partial charge < -0.3 is 10.3 Å². The summed E-state index contributed by atoms with van der Waals surface area (Å²) < 4.78 is 4.24. The number of nitrogens with zero attached hydrogens (tertiary/aromatic N) is 4. The monoisotopic (exact) mass is 401 g/mol. The van der Waals surface area contributed by atoms with Crippen LogP contribution in [-0.4, -0.2) is 20.1 Å². The Kier molecular flexibility index (Phi) is 3.86. The first-order valence-corrected chi connectivity index (χ1v) is 10.2. The smallest absolute Gasteiger partial charge is 0.207 e. The molecular formula is C26H19N5. The van der Waals surface area contributed by atoms with Crippen LogP contribution in [-0.2, 0) is 0 Å². The molecule has 0 spiro atoms. The highest BCUT2D eigenvalue weighted by Crippen LogP contribution is 2.35. The summed E-state index contributed by atoms with van der Waals surface area (Å²) in [7, 11) is 0. The van der Waals surface area contributed by atoms with Crippen LogP contribution in [0.15, 0.2) is 108 Å². The van der Waals surface area contributed by atoms with Crippen LogP contribution in [0.5, 0.6) is 0 Å². The van der Waals surface area contributed by atoms with E-state index in [9.17, 15) is 0 Å². The maximum absolute atomic E-state index is 6.58. The minimum Gasteiger partial charge on any atom is -0.369 e. The Balaban J connectivity index is 1.70. The summed E-state index contributed by atoms with van der Waals surface area (Å²) in [5.74, 6) is 0.977. The van der Waals surface area contributed by atoms with E-state index < -0.39 is 0 Å². The summed E-state index contributed by atoms with van der Waals surface area (Å²) in [5.41, 5.74) is 10.9. The predicted molar refractivity (Wildman–Crippen MR) is 127 cm³/mol. The SMILES string of the molecule is NC(=Nc1ccccn1)n1c2ccccc2c2ccc3c(ccn3-c3ccccc3)c21. The van der Waals surface area contributed by atoms with E-state index in [0.717, 1.165) is 38.4 Å². The lowest BCUT2D eigenvalue weighted by atomic mass is 10.1. The van der Waals surface area contributed by atoms with Gasteiger partial charge in [-0.05, 0) is 42.5 Å². The molecule has 0 unspecified atom stereocenters. The van der Waals surface area contributed by atoms with Gasteiger partial charge in [-0.3, -0.25) is 4.57 Å². The molecule has 0 bridgehead atoms. The van der Waals surface area contributed by atoms with E-state index in [-0.39, 0.29) is 0 Å². The van der Waals surface area contributed by atoms with Gasteiger partial charge in [0.1, 0.15) is 0 Å². The quantitative estimate of drug-likeness (QED) is 0.302. The van der Waals surface area contributed by atoms with Crippen LogP contribution in [0, 0.1) is 0 Å². The molecule has 3 heterocycles. The Morgan fingerprint density at radius 1 is 0.710 bits per heavy atom. The van der Waals surface area contributed by atoms with Gasteiger partial charge in [0.15, 0.2) is 5.82 Å². The molecule has 0 saturated carbocycles. The van der Waals surface area contributed by atoms with Crippen LogP contribution >= 0.6 is 0 Å². The molecule has 3 aromatic carbocycles. The van der Waals surface area contributed by atoms with Gasteiger partial charge in [0.2, 0.25) is 5.96 Å². The van der Waals surface area contributed by atoms with Gasteiger partial charge in [-0.1, -0.05) is 48.5 Å². The second-order valence-electron chi connectivity index (χ2n) is 7.43. The summed E-state index contributed by atoms with van der Waals surface area (Å²) in [6.45, 7) is 0. The third-order valence-corrected chi connectivity index (χ3v) is 5.64. The first-order valence-electron chi connectivity index (χ1n) is 10.2. The normalized spacial score (nSPS) is 12.2. The van der Waals surface area contributed by atoms with Crippen molar-refractivity contribution in [3.05, 3.63) is 103 Å². The van der Waals surface area contributed by atoms with Crippen LogP contribution in [0.1, 0.15) is 0 Å². The second kappa shape index (κ2) is 6.85. The summed E-state index contributed by atoms with van der Waals surface area (Å²) in [6, 6.07) is 30.7.